The number of carbonyl (C=O) groups excluding carboxylic acids is 1. The van der Waals surface area contributed by atoms with Crippen molar-refractivity contribution in [1.29, 1.82) is 0 Å². The van der Waals surface area contributed by atoms with E-state index >= 15 is 0 Å². The maximum atomic E-state index is 10.2. The van der Waals surface area contributed by atoms with Crippen molar-refractivity contribution in [3.8, 4) is 11.5 Å². The van der Waals surface area contributed by atoms with Gasteiger partial charge in [-0.1, -0.05) is 50.6 Å². The van der Waals surface area contributed by atoms with Crippen molar-refractivity contribution < 1.29 is 19.0 Å². The Morgan fingerprint density at radius 3 is 2.07 bits per heavy atom. The van der Waals surface area contributed by atoms with Crippen LogP contribution in [0.25, 0.3) is 0 Å². The van der Waals surface area contributed by atoms with Crippen LogP contribution in [0, 0.1) is 12.3 Å². The fourth-order valence-corrected chi connectivity index (χ4v) is 3.09. The molecule has 158 valence electrons. The third kappa shape index (κ3) is 10.8. The summed E-state index contributed by atoms with van der Waals surface area (Å²) in [7, 11) is 3.27. The Balaban J connectivity index is 0.000000402. The lowest BCUT2D eigenvalue weighted by Crippen LogP contribution is -2.15. The number of benzene rings is 1. The van der Waals surface area contributed by atoms with E-state index in [0.29, 0.717) is 18.4 Å². The Bertz CT molecular complexity index is 657. The van der Waals surface area contributed by atoms with E-state index in [9.17, 15) is 4.79 Å². The highest BCUT2D eigenvalue weighted by molar-refractivity contribution is 5.68. The first kappa shape index (κ1) is 25.8. The SMILES string of the molecule is C=C1C=C(C)CC(C)(C)C1.CCOC(=O)CC.COc1ccc(C)cc1OC. The van der Waals surface area contributed by atoms with E-state index in [-0.39, 0.29) is 5.97 Å². The zero-order chi connectivity index (χ0) is 21.7. The van der Waals surface area contributed by atoms with E-state index in [1.54, 1.807) is 28.1 Å². The van der Waals surface area contributed by atoms with Crippen molar-refractivity contribution in [2.45, 2.75) is 60.8 Å². The largest absolute Gasteiger partial charge is 0.493 e. The topological polar surface area (TPSA) is 44.8 Å². The van der Waals surface area contributed by atoms with Crippen molar-refractivity contribution in [1.82, 2.24) is 0 Å². The molecule has 4 nitrogen and oxygen atoms in total. The molecule has 0 saturated carbocycles. The van der Waals surface area contributed by atoms with Crippen molar-refractivity contribution in [2.75, 3.05) is 20.8 Å². The maximum Gasteiger partial charge on any atom is 0.305 e. The molecule has 28 heavy (non-hydrogen) atoms. The highest BCUT2D eigenvalue weighted by atomic mass is 16.5. The van der Waals surface area contributed by atoms with Gasteiger partial charge in [0.1, 0.15) is 0 Å². The average molecular weight is 391 g/mol. The van der Waals surface area contributed by atoms with Gasteiger partial charge < -0.3 is 14.2 Å². The molecule has 4 heteroatoms. The molecule has 0 spiro atoms. The number of rotatable bonds is 4. The lowest BCUT2D eigenvalue weighted by molar-refractivity contribution is -0.142. The number of esters is 1. The quantitative estimate of drug-likeness (QED) is 0.568. The Kier molecular flexibility index (Phi) is 12.0. The van der Waals surface area contributed by atoms with Crippen molar-refractivity contribution >= 4 is 5.97 Å². The van der Waals surface area contributed by atoms with E-state index in [1.165, 1.54) is 23.1 Å². The standard InChI is InChI=1S/C10H16.C9H12O2.C5H10O2/c1-8-5-9(2)7-10(3,4)6-8;1-7-4-5-8(10-2)9(6-7)11-3;1-3-5(6)7-4-2/h5H,1,6-7H2,2-4H3;4-6H,1-3H3;3-4H2,1-2H3. The van der Waals surface area contributed by atoms with Crippen LogP contribution in [0.3, 0.4) is 0 Å². The number of allylic oxidation sites excluding steroid dienone is 3. The molecule has 0 radical (unpaired) electrons. The van der Waals surface area contributed by atoms with Crippen molar-refractivity contribution in [3.63, 3.8) is 0 Å². The molecule has 0 fully saturated rings. The summed E-state index contributed by atoms with van der Waals surface area (Å²) in [6.45, 7) is 16.9. The fourth-order valence-electron chi connectivity index (χ4n) is 3.09. The summed E-state index contributed by atoms with van der Waals surface area (Å²) in [6.07, 6.45) is 5.08. The van der Waals surface area contributed by atoms with Crippen LogP contribution in [-0.4, -0.2) is 26.8 Å². The van der Waals surface area contributed by atoms with Crippen molar-refractivity contribution in [3.05, 3.63) is 47.6 Å². The van der Waals surface area contributed by atoms with Crippen LogP contribution >= 0.6 is 0 Å². The van der Waals surface area contributed by atoms with Crippen LogP contribution in [0.2, 0.25) is 0 Å². The Morgan fingerprint density at radius 1 is 1.07 bits per heavy atom. The van der Waals surface area contributed by atoms with Gasteiger partial charge in [-0.25, -0.2) is 0 Å². The van der Waals surface area contributed by atoms with E-state index in [0.717, 1.165) is 17.9 Å². The molecule has 0 atom stereocenters. The summed E-state index contributed by atoms with van der Waals surface area (Å²) in [4.78, 5) is 10.2. The molecule has 0 unspecified atom stereocenters. The summed E-state index contributed by atoms with van der Waals surface area (Å²) in [5.41, 5.74) is 4.38. The van der Waals surface area contributed by atoms with Crippen LogP contribution in [0.15, 0.2) is 42.0 Å². The monoisotopic (exact) mass is 390 g/mol. The highest BCUT2D eigenvalue weighted by Crippen LogP contribution is 2.36. The minimum absolute atomic E-state index is 0.123. The fraction of sp³-hybridized carbons (Fsp3) is 0.542. The van der Waals surface area contributed by atoms with Gasteiger partial charge in [-0.3, -0.25) is 4.79 Å². The third-order valence-corrected chi connectivity index (χ3v) is 4.05. The number of methoxy groups -OCH3 is 2. The molecule has 0 bridgehead atoms. The Morgan fingerprint density at radius 2 is 1.68 bits per heavy atom. The third-order valence-electron chi connectivity index (χ3n) is 4.05. The van der Waals surface area contributed by atoms with Gasteiger partial charge in [0.15, 0.2) is 11.5 Å². The number of hydrogen-bond donors (Lipinski definition) is 0. The molecule has 1 aromatic rings. The van der Waals surface area contributed by atoms with E-state index in [1.807, 2.05) is 25.1 Å². The van der Waals surface area contributed by atoms with Crippen LogP contribution < -0.4 is 9.47 Å². The van der Waals surface area contributed by atoms with Gasteiger partial charge in [0.25, 0.3) is 0 Å². The molecular formula is C24H38O4. The summed E-state index contributed by atoms with van der Waals surface area (Å²) in [5.74, 6) is 1.44. The summed E-state index contributed by atoms with van der Waals surface area (Å²) in [6, 6.07) is 5.83. The first-order valence-corrected chi connectivity index (χ1v) is 9.77. The van der Waals surface area contributed by atoms with Crippen molar-refractivity contribution in [2.24, 2.45) is 5.41 Å². The van der Waals surface area contributed by atoms with Crippen LogP contribution in [0.4, 0.5) is 0 Å². The predicted octanol–water partition coefficient (Wildman–Crippen LogP) is 6.28. The number of ether oxygens (including phenoxy) is 3. The predicted molar refractivity (Wildman–Crippen MR) is 117 cm³/mol. The lowest BCUT2D eigenvalue weighted by Gasteiger charge is -2.29. The van der Waals surface area contributed by atoms with E-state index in [2.05, 4.69) is 38.2 Å². The number of hydrogen-bond acceptors (Lipinski definition) is 4. The molecule has 1 aliphatic rings. The van der Waals surface area contributed by atoms with Gasteiger partial charge in [0.2, 0.25) is 0 Å². The Hall–Kier alpha value is -2.23. The molecule has 0 amide bonds. The maximum absolute atomic E-state index is 10.2. The van der Waals surface area contributed by atoms with E-state index < -0.39 is 0 Å². The number of aryl methyl sites for hydroxylation is 1. The number of carbonyl (C=O) groups is 1. The van der Waals surface area contributed by atoms with E-state index in [4.69, 9.17) is 9.47 Å². The van der Waals surface area contributed by atoms with Gasteiger partial charge in [-0.05, 0) is 56.7 Å². The summed E-state index contributed by atoms with van der Waals surface area (Å²) >= 11 is 0. The van der Waals surface area contributed by atoms with Gasteiger partial charge >= 0.3 is 5.97 Å². The second kappa shape index (κ2) is 13.0. The second-order valence-corrected chi connectivity index (χ2v) is 7.68. The molecule has 2 rings (SSSR count). The van der Waals surface area contributed by atoms with Gasteiger partial charge in [-0.15, -0.1) is 0 Å². The lowest BCUT2D eigenvalue weighted by atomic mass is 9.76. The molecule has 0 aromatic heterocycles. The van der Waals surface area contributed by atoms with Crippen LogP contribution in [-0.2, 0) is 9.53 Å². The minimum Gasteiger partial charge on any atom is -0.493 e. The molecule has 0 aliphatic heterocycles. The molecule has 1 aromatic carbocycles. The summed E-state index contributed by atoms with van der Waals surface area (Å²) in [5, 5.41) is 0. The van der Waals surface area contributed by atoms with Crippen LogP contribution in [0.1, 0.15) is 59.4 Å². The molecular weight excluding hydrogens is 352 g/mol. The Labute approximate surface area is 171 Å². The summed E-state index contributed by atoms with van der Waals surface area (Å²) < 4.78 is 14.7. The zero-order valence-electron chi connectivity index (χ0n) is 19.0. The van der Waals surface area contributed by atoms with Gasteiger partial charge in [0.05, 0.1) is 20.8 Å². The van der Waals surface area contributed by atoms with Crippen LogP contribution in [0.5, 0.6) is 11.5 Å². The smallest absolute Gasteiger partial charge is 0.305 e. The molecule has 0 N–H and O–H groups in total. The molecule has 1 aliphatic carbocycles. The van der Waals surface area contributed by atoms with Gasteiger partial charge in [-0.2, -0.15) is 0 Å². The molecule has 0 heterocycles. The second-order valence-electron chi connectivity index (χ2n) is 7.68. The zero-order valence-corrected chi connectivity index (χ0v) is 19.0. The molecule has 0 saturated heterocycles. The first-order chi connectivity index (χ1) is 13.1. The van der Waals surface area contributed by atoms with Gasteiger partial charge in [0, 0.05) is 6.42 Å². The first-order valence-electron chi connectivity index (χ1n) is 9.77. The highest BCUT2D eigenvalue weighted by Gasteiger charge is 2.22. The average Bonchev–Trinajstić information content (AvgIpc) is 2.60. The minimum atomic E-state index is -0.123. The normalized spacial score (nSPS) is 14.4.